The third-order valence-electron chi connectivity index (χ3n) is 11.2. The average Bonchev–Trinajstić information content (AvgIpc) is 3.75. The maximum absolute atomic E-state index is 14.0. The Hall–Kier alpha value is -2.55. The Bertz CT molecular complexity index is 1940. The van der Waals surface area contributed by atoms with Crippen molar-refractivity contribution in [1.82, 2.24) is 5.91 Å². The number of nitrogens with zero attached hydrogens (tertiary/aromatic N) is 4. The van der Waals surface area contributed by atoms with Gasteiger partial charge in [-0.25, -0.2) is 0 Å². The molecule has 0 unspecified atom stereocenters. The molecule has 6 heterocycles. The van der Waals surface area contributed by atoms with E-state index >= 15 is 0 Å². The summed E-state index contributed by atoms with van der Waals surface area (Å²) in [5.41, 5.74) is 15.9. The van der Waals surface area contributed by atoms with E-state index in [4.69, 9.17) is 32.6 Å². The summed E-state index contributed by atoms with van der Waals surface area (Å²) in [5, 5.41) is 0. The van der Waals surface area contributed by atoms with Crippen molar-refractivity contribution in [2.45, 2.75) is 88.0 Å². The molecule has 6 aliphatic rings. The van der Waals surface area contributed by atoms with Gasteiger partial charge in [0.25, 0.3) is 0 Å². The van der Waals surface area contributed by atoms with Gasteiger partial charge in [0, 0.05) is 0 Å². The van der Waals surface area contributed by atoms with Gasteiger partial charge in [0.15, 0.2) is 0 Å². The van der Waals surface area contributed by atoms with Crippen LogP contribution in [0, 0.1) is 18.3 Å². The van der Waals surface area contributed by atoms with Gasteiger partial charge in [0.1, 0.15) is 0 Å². The van der Waals surface area contributed by atoms with E-state index in [-0.39, 0.29) is 11.9 Å². The van der Waals surface area contributed by atoms with E-state index in [9.17, 15) is 4.79 Å². The molecule has 6 nitrogen and oxygen atoms in total. The molecule has 0 saturated carbocycles. The fourth-order valence-electron chi connectivity index (χ4n) is 8.92. The number of hydrogen-bond donors (Lipinski definition) is 0. The molecule has 0 N–H and O–H groups in total. The molecule has 1 fully saturated rings. The molecule has 240 valence electrons. The Kier molecular flexibility index (Phi) is 7.65. The number of carbonyl (C=O) groups excluding carboxylic acids is 1. The third kappa shape index (κ3) is 3.92. The van der Waals surface area contributed by atoms with E-state index in [2.05, 4.69) is 79.5 Å². The van der Waals surface area contributed by atoms with Gasteiger partial charge in [-0.2, -0.15) is 0 Å². The summed E-state index contributed by atoms with van der Waals surface area (Å²) in [5.74, 6) is -0.415. The van der Waals surface area contributed by atoms with Crippen LogP contribution in [0.15, 0.2) is 78.4 Å². The van der Waals surface area contributed by atoms with Crippen molar-refractivity contribution >= 4 is 64.1 Å². The first kappa shape index (κ1) is 32.0. The molecule has 1 aromatic rings. The predicted molar refractivity (Wildman–Crippen MR) is 192 cm³/mol. The minimum atomic E-state index is -4.77. The van der Waals surface area contributed by atoms with Gasteiger partial charge in [-0.1, -0.05) is 0 Å². The van der Waals surface area contributed by atoms with Crippen LogP contribution in [0.3, 0.4) is 0 Å². The van der Waals surface area contributed by atoms with E-state index in [1.54, 1.807) is 0 Å². The van der Waals surface area contributed by atoms with Gasteiger partial charge in [-0.3, -0.25) is 0 Å². The summed E-state index contributed by atoms with van der Waals surface area (Å²) < 4.78 is 10.4. The summed E-state index contributed by atoms with van der Waals surface area (Å²) in [6, 6.07) is 0. The monoisotopic (exact) mass is 764 g/mol. The van der Waals surface area contributed by atoms with Crippen LogP contribution in [-0.4, -0.2) is 46.6 Å². The van der Waals surface area contributed by atoms with Gasteiger partial charge < -0.3 is 0 Å². The Morgan fingerprint density at radius 2 is 1.61 bits per heavy atom. The van der Waals surface area contributed by atoms with Crippen LogP contribution < -0.4 is 0 Å². The van der Waals surface area contributed by atoms with Crippen molar-refractivity contribution in [3.63, 3.8) is 0 Å². The molecule has 1 aliphatic carbocycles. The summed E-state index contributed by atoms with van der Waals surface area (Å²) in [6.07, 6.45) is 11.9. The number of allylic oxidation sites excluding steroid dienone is 9. The molecule has 0 aromatic carbocycles. The molecular weight excluding hydrogens is 722 g/mol. The van der Waals surface area contributed by atoms with Crippen molar-refractivity contribution in [2.75, 3.05) is 6.61 Å². The van der Waals surface area contributed by atoms with Crippen LogP contribution in [0.2, 0.25) is 0 Å². The van der Waals surface area contributed by atoms with Crippen LogP contribution in [-0.2, 0) is 16.0 Å². The second kappa shape index (κ2) is 11.0. The molecule has 0 radical (unpaired) electrons. The molecule has 6 bridgehead atoms. The van der Waals surface area contributed by atoms with Gasteiger partial charge >= 0.3 is 286 Å². The Labute approximate surface area is 284 Å². The third-order valence-corrected chi connectivity index (χ3v) is 21.6. The number of hydrogen-bond acceptors (Lipinski definition) is 5. The standard InChI is InChI=1S/C37H43N4O2.2ClH.Sn/c1-10-23-19(6)29-17-33-25(12-3)21(8)34(40-33)26-15-27(36(42)43-14-5)37(13-4)22(9)30(41-35(26)37)18-32-24(11-2)20(7)28(39-32)16-31(23)38-29;;;/h15-18,22H,10-14H2,1-9H3,(H-,38,39,40,41,42);2*1H;/q-1;;;+4/p-3/t22-,37-;;;/m0.../s1. The normalized spacial score (nSPS) is 25.5. The van der Waals surface area contributed by atoms with E-state index in [0.717, 1.165) is 76.0 Å². The molecule has 7 rings (SSSR count). The van der Waals surface area contributed by atoms with E-state index < -0.39 is 22.1 Å². The summed E-state index contributed by atoms with van der Waals surface area (Å²) in [4.78, 5) is 24.6. The molecule has 1 saturated heterocycles. The number of halogens is 2. The van der Waals surface area contributed by atoms with Gasteiger partial charge in [-0.05, 0) is 0 Å². The fraction of sp³-hybridized carbons (Fsp3) is 0.432. The van der Waals surface area contributed by atoms with Crippen molar-refractivity contribution in [2.24, 2.45) is 21.3 Å². The number of fused-ring (bicyclic) bond motifs is 3. The molecule has 0 spiro atoms. The van der Waals surface area contributed by atoms with Crippen LogP contribution in [0.4, 0.5) is 0 Å². The molecule has 9 heteroatoms. The molecule has 5 aliphatic heterocycles. The van der Waals surface area contributed by atoms with E-state index in [1.165, 1.54) is 27.8 Å². The van der Waals surface area contributed by atoms with Crippen molar-refractivity contribution in [3.8, 4) is 0 Å². The Morgan fingerprint density at radius 3 is 2.24 bits per heavy atom. The number of rotatable bonds is 6. The van der Waals surface area contributed by atoms with Crippen molar-refractivity contribution in [1.29, 1.82) is 0 Å². The Balaban J connectivity index is 1.71. The van der Waals surface area contributed by atoms with Gasteiger partial charge in [0.2, 0.25) is 0 Å². The minimum absolute atomic E-state index is 0.123. The van der Waals surface area contributed by atoms with Crippen molar-refractivity contribution in [3.05, 3.63) is 90.9 Å². The topological polar surface area (TPSA) is 59.2 Å². The summed E-state index contributed by atoms with van der Waals surface area (Å²) in [7, 11) is 16.3. The predicted octanol–water partition coefficient (Wildman–Crippen LogP) is 9.18. The molecule has 46 heavy (non-hydrogen) atoms. The molecule has 1 aromatic heterocycles. The number of esters is 1. The zero-order valence-electron chi connectivity index (χ0n) is 28.3. The first-order chi connectivity index (χ1) is 21.9. The van der Waals surface area contributed by atoms with Gasteiger partial charge in [-0.15, -0.1) is 0 Å². The number of aromatic nitrogens is 1. The number of ether oxygens (including phenoxy) is 1. The van der Waals surface area contributed by atoms with E-state index in [0.29, 0.717) is 18.6 Å². The number of carbonyl (C=O) groups is 1. The molecular formula is C37H42Cl2N4O2Sn. The second-order valence-corrected chi connectivity index (χ2v) is 26.8. The summed E-state index contributed by atoms with van der Waals surface area (Å²) in [6.45, 7) is 19.6. The van der Waals surface area contributed by atoms with Crippen LogP contribution in [0.25, 0.3) is 12.2 Å². The molecule has 2 atom stereocenters. The fourth-order valence-corrected chi connectivity index (χ4v) is 20.6. The number of aliphatic imine (C=N–C) groups is 2. The van der Waals surface area contributed by atoms with Gasteiger partial charge in [0.05, 0.1) is 0 Å². The maximum atomic E-state index is 14.0. The van der Waals surface area contributed by atoms with Crippen LogP contribution in [0.1, 0.15) is 97.2 Å². The first-order valence-electron chi connectivity index (χ1n) is 16.7. The zero-order chi connectivity index (χ0) is 33.0. The average molecular weight is 764 g/mol. The van der Waals surface area contributed by atoms with Crippen LogP contribution in [0.5, 0.6) is 0 Å². The molecule has 0 amide bonds. The van der Waals surface area contributed by atoms with Crippen LogP contribution >= 0.6 is 17.8 Å². The quantitative estimate of drug-likeness (QED) is 0.215. The van der Waals surface area contributed by atoms with E-state index in [1.807, 2.05) is 13.0 Å². The van der Waals surface area contributed by atoms with Crippen molar-refractivity contribution < 1.29 is 9.53 Å². The Morgan fingerprint density at radius 1 is 0.913 bits per heavy atom. The first-order valence-corrected chi connectivity index (χ1v) is 26.5. The summed E-state index contributed by atoms with van der Waals surface area (Å²) >= 11 is -4.77. The second-order valence-electron chi connectivity index (χ2n) is 13.0. The zero-order valence-corrected chi connectivity index (χ0v) is 32.6. The SMILES string of the molecule is CCOC(=O)C1=CC2=C3[N]4C(=CC5=NC(=Cc6c(CC)c(C)c([n]6[Sn]4([Cl])[Cl])C=C4N=C2C(C)=C4CC)C(C)=C5CC)[C@H](C)[C@@]13CC.